The fourth-order valence-electron chi connectivity index (χ4n) is 3.02. The van der Waals surface area contributed by atoms with E-state index in [0.717, 1.165) is 31.0 Å². The van der Waals surface area contributed by atoms with Crippen LogP contribution in [-0.2, 0) is 10.0 Å². The first-order chi connectivity index (χ1) is 13.2. The molecule has 148 valence electrons. The number of hydrogen-bond donors (Lipinski definition) is 1. The van der Waals surface area contributed by atoms with Crippen molar-refractivity contribution in [3.05, 3.63) is 53.0 Å². The third-order valence-corrected chi connectivity index (χ3v) is 6.46. The van der Waals surface area contributed by atoms with E-state index in [1.807, 2.05) is 0 Å². The molecule has 7 nitrogen and oxygen atoms in total. The number of rotatable bonds is 5. The van der Waals surface area contributed by atoms with Gasteiger partial charge >= 0.3 is 0 Å². The average molecular weight is 409 g/mol. The Morgan fingerprint density at radius 3 is 2.57 bits per heavy atom. The predicted octanol–water partition coefficient (Wildman–Crippen LogP) is 2.65. The summed E-state index contributed by atoms with van der Waals surface area (Å²) in [7, 11) is -3.79. The zero-order chi connectivity index (χ0) is 20.5. The van der Waals surface area contributed by atoms with Gasteiger partial charge in [-0.15, -0.1) is 0 Å². The highest BCUT2D eigenvalue weighted by Gasteiger charge is 2.32. The number of furan rings is 1. The van der Waals surface area contributed by atoms with Crippen molar-refractivity contribution in [2.75, 3.05) is 13.1 Å². The van der Waals surface area contributed by atoms with Crippen LogP contribution in [0.4, 0.5) is 8.78 Å². The lowest BCUT2D eigenvalue weighted by Crippen LogP contribution is -2.28. The maximum atomic E-state index is 13.9. The summed E-state index contributed by atoms with van der Waals surface area (Å²) in [4.78, 5) is 12.3. The maximum absolute atomic E-state index is 13.9. The molecule has 0 spiro atoms. The second-order valence-electron chi connectivity index (χ2n) is 6.34. The lowest BCUT2D eigenvalue weighted by Gasteiger charge is -2.14. The largest absolute Gasteiger partial charge is 0.455 e. The first kappa shape index (κ1) is 20.0. The van der Waals surface area contributed by atoms with E-state index in [0.29, 0.717) is 19.2 Å². The van der Waals surface area contributed by atoms with E-state index in [-0.39, 0.29) is 22.0 Å². The van der Waals surface area contributed by atoms with Gasteiger partial charge in [-0.3, -0.25) is 4.79 Å². The quantitative estimate of drug-likeness (QED) is 0.818. The molecule has 28 heavy (non-hydrogen) atoms. The fourth-order valence-corrected chi connectivity index (χ4v) is 4.70. The van der Waals surface area contributed by atoms with E-state index in [4.69, 9.17) is 4.42 Å². The van der Waals surface area contributed by atoms with Gasteiger partial charge in [0.05, 0.1) is 6.07 Å². The van der Waals surface area contributed by atoms with Crippen LogP contribution < -0.4 is 5.32 Å². The molecule has 0 aliphatic carbocycles. The normalized spacial score (nSPS) is 15.9. The molecule has 3 rings (SSSR count). The molecular formula is C18H17F2N3O4S. The molecule has 1 aromatic carbocycles. The summed E-state index contributed by atoms with van der Waals surface area (Å²) in [6.45, 7) is 2.21. The molecule has 1 N–H and O–H groups in total. The number of amides is 1. The van der Waals surface area contributed by atoms with Gasteiger partial charge in [0.1, 0.15) is 28.3 Å². The third kappa shape index (κ3) is 3.76. The highest BCUT2D eigenvalue weighted by molar-refractivity contribution is 7.89. The number of nitriles is 1. The van der Waals surface area contributed by atoms with Gasteiger partial charge in [0.15, 0.2) is 5.76 Å². The van der Waals surface area contributed by atoms with Crippen LogP contribution in [0.25, 0.3) is 0 Å². The van der Waals surface area contributed by atoms with Gasteiger partial charge < -0.3 is 9.73 Å². The Morgan fingerprint density at radius 1 is 1.29 bits per heavy atom. The van der Waals surface area contributed by atoms with Gasteiger partial charge in [-0.25, -0.2) is 17.2 Å². The molecule has 1 saturated heterocycles. The van der Waals surface area contributed by atoms with E-state index in [1.165, 1.54) is 11.2 Å². The minimum Gasteiger partial charge on any atom is -0.455 e. The van der Waals surface area contributed by atoms with Gasteiger partial charge in [-0.05, 0) is 25.8 Å². The molecule has 1 fully saturated rings. The molecule has 1 aliphatic rings. The monoisotopic (exact) mass is 409 g/mol. The summed E-state index contributed by atoms with van der Waals surface area (Å²) >= 11 is 0. The van der Waals surface area contributed by atoms with Crippen LogP contribution in [0.5, 0.6) is 0 Å². The van der Waals surface area contributed by atoms with Crippen molar-refractivity contribution in [2.45, 2.75) is 30.7 Å². The van der Waals surface area contributed by atoms with E-state index >= 15 is 0 Å². The van der Waals surface area contributed by atoms with E-state index in [9.17, 15) is 27.3 Å². The Morgan fingerprint density at radius 2 is 1.96 bits per heavy atom. The van der Waals surface area contributed by atoms with Crippen LogP contribution in [0.3, 0.4) is 0 Å². The predicted molar refractivity (Wildman–Crippen MR) is 93.6 cm³/mol. The molecule has 1 atom stereocenters. The fraction of sp³-hybridized carbons (Fsp3) is 0.333. The molecule has 1 unspecified atom stereocenters. The number of halogens is 2. The lowest BCUT2D eigenvalue weighted by atomic mass is 10.1. The average Bonchev–Trinajstić information content (AvgIpc) is 3.30. The standard InChI is InChI=1S/C18H17F2N3O4S/c1-11-17(28(25,26)23-6-2-3-7-23)9-16(27-11)18(24)22-15(10-21)13-5-4-12(19)8-14(13)20/h4-5,8-9,15H,2-3,6-7H2,1H3,(H,22,24). The number of nitrogens with one attached hydrogen (secondary N) is 1. The van der Waals surface area contributed by atoms with E-state index in [1.54, 1.807) is 6.07 Å². The van der Waals surface area contributed by atoms with Crippen molar-refractivity contribution in [1.29, 1.82) is 5.26 Å². The maximum Gasteiger partial charge on any atom is 0.288 e. The first-order valence-corrected chi connectivity index (χ1v) is 9.94. The first-order valence-electron chi connectivity index (χ1n) is 8.50. The molecule has 10 heteroatoms. The Kier molecular flexibility index (Phi) is 5.49. The summed E-state index contributed by atoms with van der Waals surface area (Å²) < 4.78 is 58.8. The van der Waals surface area contributed by atoms with Crippen LogP contribution in [-0.4, -0.2) is 31.7 Å². The van der Waals surface area contributed by atoms with Gasteiger partial charge in [0.25, 0.3) is 5.91 Å². The summed E-state index contributed by atoms with van der Waals surface area (Å²) in [5, 5.41) is 11.5. The van der Waals surface area contributed by atoms with Crippen LogP contribution in [0.1, 0.15) is 40.8 Å². The SMILES string of the molecule is Cc1oc(C(=O)NC(C#N)c2ccc(F)cc2F)cc1S(=O)(=O)N1CCCC1. The molecule has 0 bridgehead atoms. The van der Waals surface area contributed by atoms with Crippen LogP contribution >= 0.6 is 0 Å². The number of benzene rings is 1. The van der Waals surface area contributed by atoms with Crippen molar-refractivity contribution < 1.29 is 26.4 Å². The molecule has 2 aromatic rings. The molecule has 1 amide bonds. The van der Waals surface area contributed by atoms with Crippen LogP contribution in [0.15, 0.2) is 33.6 Å². The van der Waals surface area contributed by atoms with Crippen molar-refractivity contribution in [3.8, 4) is 6.07 Å². The zero-order valence-electron chi connectivity index (χ0n) is 14.9. The van der Waals surface area contributed by atoms with E-state index in [2.05, 4.69) is 5.32 Å². The van der Waals surface area contributed by atoms with Gasteiger partial charge in [0, 0.05) is 30.8 Å². The van der Waals surface area contributed by atoms with Crippen molar-refractivity contribution in [3.63, 3.8) is 0 Å². The molecule has 0 saturated carbocycles. The Balaban J connectivity index is 1.84. The molecular weight excluding hydrogens is 392 g/mol. The number of carbonyl (C=O) groups excluding carboxylic acids is 1. The summed E-state index contributed by atoms with van der Waals surface area (Å²) in [5.41, 5.74) is -0.217. The minimum absolute atomic E-state index is 0.0403. The molecule has 2 heterocycles. The van der Waals surface area contributed by atoms with Crippen LogP contribution in [0, 0.1) is 29.9 Å². The van der Waals surface area contributed by atoms with E-state index < -0.39 is 33.6 Å². The molecule has 0 radical (unpaired) electrons. The molecule has 1 aromatic heterocycles. The second-order valence-corrected chi connectivity index (χ2v) is 8.25. The third-order valence-electron chi connectivity index (χ3n) is 4.46. The summed E-state index contributed by atoms with van der Waals surface area (Å²) in [6, 6.07) is 4.02. The topological polar surface area (TPSA) is 103 Å². The summed E-state index contributed by atoms with van der Waals surface area (Å²) in [5.74, 6) is -2.97. The summed E-state index contributed by atoms with van der Waals surface area (Å²) in [6.07, 6.45) is 1.52. The van der Waals surface area contributed by atoms with Crippen molar-refractivity contribution >= 4 is 15.9 Å². The smallest absolute Gasteiger partial charge is 0.288 e. The van der Waals surface area contributed by atoms with Gasteiger partial charge in [0.2, 0.25) is 10.0 Å². The number of nitrogens with zero attached hydrogens (tertiary/aromatic N) is 2. The van der Waals surface area contributed by atoms with Crippen LogP contribution in [0.2, 0.25) is 0 Å². The lowest BCUT2D eigenvalue weighted by molar-refractivity contribution is 0.0915. The van der Waals surface area contributed by atoms with Gasteiger partial charge in [-0.2, -0.15) is 9.57 Å². The molecule has 1 aliphatic heterocycles. The number of hydrogen-bond acceptors (Lipinski definition) is 5. The Hall–Kier alpha value is -2.77. The Bertz CT molecular complexity index is 1050. The Labute approximate surface area is 160 Å². The van der Waals surface area contributed by atoms with Crippen molar-refractivity contribution in [2.24, 2.45) is 0 Å². The number of sulfonamides is 1. The second kappa shape index (κ2) is 7.69. The highest BCUT2D eigenvalue weighted by Crippen LogP contribution is 2.27. The minimum atomic E-state index is -3.79. The number of aryl methyl sites for hydroxylation is 1. The highest BCUT2D eigenvalue weighted by atomic mass is 32.2. The van der Waals surface area contributed by atoms with Gasteiger partial charge in [-0.1, -0.05) is 6.07 Å². The van der Waals surface area contributed by atoms with Crippen molar-refractivity contribution in [1.82, 2.24) is 9.62 Å². The zero-order valence-corrected chi connectivity index (χ0v) is 15.7. The number of carbonyl (C=O) groups is 1.